The molecule has 0 atom stereocenters. The molecule has 0 aliphatic carbocycles. The minimum absolute atomic E-state index is 0.125. The Hall–Kier alpha value is -3.81. The summed E-state index contributed by atoms with van der Waals surface area (Å²) in [6.45, 7) is 2.93. The van der Waals surface area contributed by atoms with Crippen LogP contribution in [0, 0.1) is 6.92 Å². The molecule has 158 valence electrons. The minimum Gasteiger partial charge on any atom is -0.465 e. The number of rotatable bonds is 6. The highest BCUT2D eigenvalue weighted by molar-refractivity contribution is 5.90. The third-order valence-electron chi connectivity index (χ3n) is 5.07. The predicted molar refractivity (Wildman–Crippen MR) is 113 cm³/mol. The second-order valence-electron chi connectivity index (χ2n) is 7.25. The maximum atomic E-state index is 12.1. The lowest BCUT2D eigenvalue weighted by Crippen LogP contribution is -2.24. The Labute approximate surface area is 179 Å². The Balaban J connectivity index is 1.59. The Bertz CT molecular complexity index is 1100. The molecule has 31 heavy (non-hydrogen) atoms. The molecule has 0 saturated carbocycles. The zero-order chi connectivity index (χ0) is 21.8. The summed E-state index contributed by atoms with van der Waals surface area (Å²) in [5.41, 5.74) is 2.73. The number of aryl methyl sites for hydroxylation is 1. The van der Waals surface area contributed by atoms with Crippen molar-refractivity contribution in [1.29, 1.82) is 0 Å². The van der Waals surface area contributed by atoms with Gasteiger partial charge in [-0.3, -0.25) is 4.79 Å². The Kier molecular flexibility index (Phi) is 5.88. The summed E-state index contributed by atoms with van der Waals surface area (Å²) < 4.78 is 10.9. The van der Waals surface area contributed by atoms with Crippen LogP contribution in [0.4, 0.5) is 0 Å². The van der Waals surface area contributed by atoms with Gasteiger partial charge in [0.2, 0.25) is 5.91 Å². The van der Waals surface area contributed by atoms with Crippen LogP contribution in [0.5, 0.6) is 11.5 Å². The summed E-state index contributed by atoms with van der Waals surface area (Å²) in [6, 6.07) is 12.5. The van der Waals surface area contributed by atoms with Crippen LogP contribution in [0.2, 0.25) is 0 Å². The molecule has 1 aliphatic rings. The molecule has 1 fully saturated rings. The van der Waals surface area contributed by atoms with Gasteiger partial charge in [-0.1, -0.05) is 6.07 Å². The lowest BCUT2D eigenvalue weighted by atomic mass is 10.1. The minimum atomic E-state index is -0.450. The van der Waals surface area contributed by atoms with Crippen molar-refractivity contribution in [3.05, 3.63) is 65.6 Å². The van der Waals surface area contributed by atoms with Crippen LogP contribution in [0.3, 0.4) is 0 Å². The van der Waals surface area contributed by atoms with Crippen molar-refractivity contribution in [3.63, 3.8) is 0 Å². The fourth-order valence-electron chi connectivity index (χ4n) is 3.39. The Morgan fingerprint density at radius 1 is 1.13 bits per heavy atom. The van der Waals surface area contributed by atoms with Crippen LogP contribution >= 0.6 is 0 Å². The van der Waals surface area contributed by atoms with E-state index in [4.69, 9.17) is 9.47 Å². The monoisotopic (exact) mass is 418 g/mol. The standard InChI is InChI=1S/C23H22N4O4/c1-15-24-13-20(26-25-15)16-7-9-19(10-8-16)31-21-12-17(23(29)30-2)5-6-18(21)14-27-11-3-4-22(27)28/h5-10,12-13H,3-4,11,14H2,1-2H3. The van der Waals surface area contributed by atoms with Crippen LogP contribution in [0.15, 0.2) is 48.7 Å². The molecule has 0 unspecified atom stereocenters. The first-order chi connectivity index (χ1) is 15.0. The fraction of sp³-hybridized carbons (Fsp3) is 0.261. The molecule has 4 rings (SSSR count). The van der Waals surface area contributed by atoms with Crippen molar-refractivity contribution in [1.82, 2.24) is 20.1 Å². The van der Waals surface area contributed by atoms with Crippen molar-refractivity contribution in [3.8, 4) is 22.8 Å². The first-order valence-electron chi connectivity index (χ1n) is 9.97. The second kappa shape index (κ2) is 8.91. The highest BCUT2D eigenvalue weighted by Crippen LogP contribution is 2.30. The molecule has 2 heterocycles. The van der Waals surface area contributed by atoms with E-state index in [1.165, 1.54) is 7.11 Å². The van der Waals surface area contributed by atoms with Crippen molar-refractivity contribution in [2.45, 2.75) is 26.3 Å². The van der Waals surface area contributed by atoms with Crippen LogP contribution < -0.4 is 4.74 Å². The average molecular weight is 418 g/mol. The molecule has 1 aromatic heterocycles. The lowest BCUT2D eigenvalue weighted by Gasteiger charge is -2.19. The number of amides is 1. The molecule has 0 N–H and O–H groups in total. The van der Waals surface area contributed by atoms with Gasteiger partial charge in [0.1, 0.15) is 23.0 Å². The number of likely N-dealkylation sites (tertiary alicyclic amines) is 1. The largest absolute Gasteiger partial charge is 0.465 e. The first kappa shape index (κ1) is 20.5. The smallest absolute Gasteiger partial charge is 0.337 e. The van der Waals surface area contributed by atoms with E-state index in [1.54, 1.807) is 36.2 Å². The highest BCUT2D eigenvalue weighted by Gasteiger charge is 2.22. The molecular weight excluding hydrogens is 396 g/mol. The molecule has 1 aliphatic heterocycles. The van der Waals surface area contributed by atoms with Crippen molar-refractivity contribution >= 4 is 11.9 Å². The fourth-order valence-corrected chi connectivity index (χ4v) is 3.39. The van der Waals surface area contributed by atoms with Gasteiger partial charge in [0, 0.05) is 30.6 Å². The molecule has 8 heteroatoms. The summed E-state index contributed by atoms with van der Waals surface area (Å²) >= 11 is 0. The van der Waals surface area contributed by atoms with E-state index in [1.807, 2.05) is 24.3 Å². The zero-order valence-electron chi connectivity index (χ0n) is 17.4. The third-order valence-corrected chi connectivity index (χ3v) is 5.07. The van der Waals surface area contributed by atoms with Gasteiger partial charge in [0.25, 0.3) is 0 Å². The molecule has 1 amide bonds. The van der Waals surface area contributed by atoms with Gasteiger partial charge < -0.3 is 14.4 Å². The van der Waals surface area contributed by atoms with E-state index in [-0.39, 0.29) is 5.91 Å². The molecule has 1 saturated heterocycles. The normalized spacial score (nSPS) is 13.4. The quantitative estimate of drug-likeness (QED) is 0.565. The molecule has 2 aromatic carbocycles. The number of nitrogens with zero attached hydrogens (tertiary/aromatic N) is 4. The molecular formula is C23H22N4O4. The first-order valence-corrected chi connectivity index (χ1v) is 9.97. The van der Waals surface area contributed by atoms with Crippen LogP contribution in [-0.4, -0.2) is 45.6 Å². The van der Waals surface area contributed by atoms with Gasteiger partial charge in [-0.05, 0) is 49.7 Å². The van der Waals surface area contributed by atoms with E-state index >= 15 is 0 Å². The number of carbonyl (C=O) groups is 2. The SMILES string of the molecule is COC(=O)c1ccc(CN2CCCC2=O)c(Oc2ccc(-c3cnc(C)nn3)cc2)c1. The summed E-state index contributed by atoms with van der Waals surface area (Å²) in [4.78, 5) is 30.0. The van der Waals surface area contributed by atoms with Crippen molar-refractivity contribution < 1.29 is 19.1 Å². The number of hydrogen-bond acceptors (Lipinski definition) is 7. The van der Waals surface area contributed by atoms with E-state index in [2.05, 4.69) is 15.2 Å². The molecule has 0 radical (unpaired) electrons. The van der Waals surface area contributed by atoms with E-state index < -0.39 is 5.97 Å². The molecule has 0 spiro atoms. The van der Waals surface area contributed by atoms with E-state index in [0.29, 0.717) is 41.5 Å². The maximum absolute atomic E-state index is 12.1. The van der Waals surface area contributed by atoms with Gasteiger partial charge in [0.05, 0.1) is 18.9 Å². The van der Waals surface area contributed by atoms with Gasteiger partial charge in [-0.2, -0.15) is 0 Å². The van der Waals surface area contributed by atoms with E-state index in [0.717, 1.165) is 24.1 Å². The number of methoxy groups -OCH3 is 1. The molecule has 8 nitrogen and oxygen atoms in total. The van der Waals surface area contributed by atoms with Gasteiger partial charge in [0.15, 0.2) is 0 Å². The van der Waals surface area contributed by atoms with Gasteiger partial charge in [-0.25, -0.2) is 9.78 Å². The van der Waals surface area contributed by atoms with Crippen molar-refractivity contribution in [2.75, 3.05) is 13.7 Å². The number of ether oxygens (including phenoxy) is 2. The topological polar surface area (TPSA) is 94.5 Å². The van der Waals surface area contributed by atoms with E-state index in [9.17, 15) is 9.59 Å². The summed E-state index contributed by atoms with van der Waals surface area (Å²) in [7, 11) is 1.33. The van der Waals surface area contributed by atoms with Gasteiger partial charge >= 0.3 is 5.97 Å². The summed E-state index contributed by atoms with van der Waals surface area (Å²) in [5.74, 6) is 1.38. The lowest BCUT2D eigenvalue weighted by molar-refractivity contribution is -0.128. The summed E-state index contributed by atoms with van der Waals surface area (Å²) in [5, 5.41) is 8.12. The second-order valence-corrected chi connectivity index (χ2v) is 7.25. The van der Waals surface area contributed by atoms with Crippen LogP contribution in [-0.2, 0) is 16.1 Å². The van der Waals surface area contributed by atoms with Crippen LogP contribution in [0.25, 0.3) is 11.3 Å². The average Bonchev–Trinajstić information content (AvgIpc) is 3.20. The number of carbonyl (C=O) groups excluding carboxylic acids is 2. The molecule has 0 bridgehead atoms. The van der Waals surface area contributed by atoms with Crippen molar-refractivity contribution in [2.24, 2.45) is 0 Å². The Morgan fingerprint density at radius 2 is 1.94 bits per heavy atom. The number of benzene rings is 2. The third kappa shape index (κ3) is 4.69. The number of aromatic nitrogens is 3. The van der Waals surface area contributed by atoms with Crippen LogP contribution in [0.1, 0.15) is 34.6 Å². The van der Waals surface area contributed by atoms with Gasteiger partial charge in [-0.15, -0.1) is 10.2 Å². The number of esters is 1. The highest BCUT2D eigenvalue weighted by atomic mass is 16.5. The maximum Gasteiger partial charge on any atom is 0.337 e. The zero-order valence-corrected chi connectivity index (χ0v) is 17.4. The number of hydrogen-bond donors (Lipinski definition) is 0. The Morgan fingerprint density at radius 3 is 2.58 bits per heavy atom. The summed E-state index contributed by atoms with van der Waals surface area (Å²) in [6.07, 6.45) is 3.09. The molecule has 3 aromatic rings. The predicted octanol–water partition coefficient (Wildman–Crippen LogP) is 3.55.